The highest BCUT2D eigenvalue weighted by atomic mass is 79.9. The van der Waals surface area contributed by atoms with Gasteiger partial charge < -0.3 is 4.74 Å². The van der Waals surface area contributed by atoms with E-state index >= 15 is 0 Å². The van der Waals surface area contributed by atoms with Gasteiger partial charge in [0.1, 0.15) is 5.75 Å². The van der Waals surface area contributed by atoms with Crippen LogP contribution >= 0.6 is 27.5 Å². The van der Waals surface area contributed by atoms with Gasteiger partial charge in [-0.25, -0.2) is 8.42 Å². The fourth-order valence-electron chi connectivity index (χ4n) is 1.74. The lowest BCUT2D eigenvalue weighted by atomic mass is 10.2. The number of sulfonamides is 1. The number of halogens is 2. The molecule has 0 heterocycles. The van der Waals surface area contributed by atoms with E-state index in [9.17, 15) is 8.42 Å². The van der Waals surface area contributed by atoms with Crippen LogP contribution in [-0.4, -0.2) is 15.5 Å². The molecule has 0 radical (unpaired) electrons. The van der Waals surface area contributed by atoms with Crippen molar-refractivity contribution in [1.82, 2.24) is 0 Å². The van der Waals surface area contributed by atoms with Crippen molar-refractivity contribution < 1.29 is 13.2 Å². The average molecular weight is 391 g/mol. The van der Waals surface area contributed by atoms with Crippen molar-refractivity contribution in [2.24, 2.45) is 0 Å². The van der Waals surface area contributed by atoms with Crippen LogP contribution in [0.5, 0.6) is 5.75 Å². The van der Waals surface area contributed by atoms with Crippen LogP contribution in [0.15, 0.2) is 45.8 Å². The van der Waals surface area contributed by atoms with Gasteiger partial charge in [-0.05, 0) is 58.7 Å². The second-order valence-corrected chi connectivity index (χ2v) is 7.26. The third-order valence-electron chi connectivity index (χ3n) is 2.95. The second kappa shape index (κ2) is 6.25. The lowest BCUT2D eigenvalue weighted by molar-refractivity contribution is 0.411. The van der Waals surface area contributed by atoms with E-state index in [4.69, 9.17) is 16.3 Å². The summed E-state index contributed by atoms with van der Waals surface area (Å²) in [6.07, 6.45) is 0. The maximum absolute atomic E-state index is 12.4. The second-order valence-electron chi connectivity index (χ2n) is 4.31. The number of ether oxygens (including phenoxy) is 1. The summed E-state index contributed by atoms with van der Waals surface area (Å²) < 4.78 is 33.0. The molecule has 21 heavy (non-hydrogen) atoms. The molecule has 2 rings (SSSR count). The summed E-state index contributed by atoms with van der Waals surface area (Å²) in [6, 6.07) is 9.61. The summed E-state index contributed by atoms with van der Waals surface area (Å²) >= 11 is 9.27. The van der Waals surface area contributed by atoms with Crippen LogP contribution in [0.1, 0.15) is 5.56 Å². The van der Waals surface area contributed by atoms with Crippen LogP contribution in [0.4, 0.5) is 5.69 Å². The Morgan fingerprint density at radius 3 is 2.57 bits per heavy atom. The van der Waals surface area contributed by atoms with Crippen LogP contribution in [0.2, 0.25) is 5.02 Å². The van der Waals surface area contributed by atoms with Crippen molar-refractivity contribution >= 4 is 43.2 Å². The minimum Gasteiger partial charge on any atom is -0.496 e. The Kier molecular flexibility index (Phi) is 4.81. The molecule has 1 N–H and O–H groups in total. The first-order valence-corrected chi connectivity index (χ1v) is 8.62. The first-order chi connectivity index (χ1) is 9.85. The zero-order valence-corrected chi connectivity index (χ0v) is 14.5. The summed E-state index contributed by atoms with van der Waals surface area (Å²) in [7, 11) is -2.18. The van der Waals surface area contributed by atoms with Gasteiger partial charge in [0.25, 0.3) is 10.0 Å². The van der Waals surface area contributed by atoms with E-state index in [-0.39, 0.29) is 4.90 Å². The van der Waals surface area contributed by atoms with E-state index in [2.05, 4.69) is 20.7 Å². The molecule has 0 atom stereocenters. The first-order valence-electron chi connectivity index (χ1n) is 5.96. The van der Waals surface area contributed by atoms with Crippen LogP contribution < -0.4 is 9.46 Å². The molecule has 0 aromatic heterocycles. The van der Waals surface area contributed by atoms with Gasteiger partial charge in [-0.1, -0.05) is 17.7 Å². The van der Waals surface area contributed by atoms with Crippen LogP contribution in [0.25, 0.3) is 0 Å². The third kappa shape index (κ3) is 3.51. The molecule has 0 saturated heterocycles. The molecule has 0 aliphatic carbocycles. The Balaban J connectivity index is 2.39. The van der Waals surface area contributed by atoms with Crippen LogP contribution in [0.3, 0.4) is 0 Å². The minimum atomic E-state index is -3.69. The zero-order valence-electron chi connectivity index (χ0n) is 11.4. The van der Waals surface area contributed by atoms with Crippen molar-refractivity contribution in [3.05, 3.63) is 51.5 Å². The van der Waals surface area contributed by atoms with Crippen molar-refractivity contribution in [1.29, 1.82) is 0 Å². The fourth-order valence-corrected chi connectivity index (χ4v) is 3.75. The Morgan fingerprint density at radius 1 is 1.24 bits per heavy atom. The van der Waals surface area contributed by atoms with E-state index in [1.807, 2.05) is 0 Å². The van der Waals surface area contributed by atoms with Crippen LogP contribution in [-0.2, 0) is 10.0 Å². The highest BCUT2D eigenvalue weighted by Gasteiger charge is 2.17. The summed E-state index contributed by atoms with van der Waals surface area (Å²) in [6.45, 7) is 1.75. The number of hydrogen-bond donors (Lipinski definition) is 1. The largest absolute Gasteiger partial charge is 0.496 e. The number of methoxy groups -OCH3 is 1. The Bertz CT molecular complexity index is 778. The van der Waals surface area contributed by atoms with Gasteiger partial charge in [-0.2, -0.15) is 0 Å². The van der Waals surface area contributed by atoms with Crippen molar-refractivity contribution in [3.63, 3.8) is 0 Å². The molecular formula is C14H13BrClNO3S. The van der Waals surface area contributed by atoms with Gasteiger partial charge in [-0.15, -0.1) is 0 Å². The molecule has 0 bridgehead atoms. The van der Waals surface area contributed by atoms with E-state index in [1.54, 1.807) is 31.2 Å². The quantitative estimate of drug-likeness (QED) is 0.850. The van der Waals surface area contributed by atoms with Crippen molar-refractivity contribution in [2.45, 2.75) is 11.8 Å². The summed E-state index contributed by atoms with van der Waals surface area (Å²) in [5.74, 6) is 0.563. The van der Waals surface area contributed by atoms with Gasteiger partial charge >= 0.3 is 0 Å². The molecule has 2 aromatic carbocycles. The predicted molar refractivity (Wildman–Crippen MR) is 87.7 cm³/mol. The molecule has 2 aromatic rings. The molecule has 0 fully saturated rings. The van der Waals surface area contributed by atoms with E-state index in [0.29, 0.717) is 26.5 Å². The molecule has 112 valence electrons. The highest BCUT2D eigenvalue weighted by molar-refractivity contribution is 9.10. The number of nitrogens with one attached hydrogen (secondary N) is 1. The maximum Gasteiger partial charge on any atom is 0.261 e. The monoisotopic (exact) mass is 389 g/mol. The zero-order chi connectivity index (χ0) is 15.6. The van der Waals surface area contributed by atoms with Gasteiger partial charge in [0, 0.05) is 5.02 Å². The SMILES string of the molecule is COc1ccc(S(=O)(=O)Nc2cccc(Cl)c2C)cc1Br. The van der Waals surface area contributed by atoms with E-state index in [0.717, 1.165) is 0 Å². The molecule has 0 amide bonds. The van der Waals surface area contributed by atoms with E-state index in [1.165, 1.54) is 19.2 Å². The standard InChI is InChI=1S/C14H13BrClNO3S/c1-9-12(16)4-3-5-13(9)17-21(18,19)10-6-7-14(20-2)11(15)8-10/h3-8,17H,1-2H3. The summed E-state index contributed by atoms with van der Waals surface area (Å²) in [4.78, 5) is 0.134. The average Bonchev–Trinajstić information content (AvgIpc) is 2.43. The molecular weight excluding hydrogens is 378 g/mol. The topological polar surface area (TPSA) is 55.4 Å². The van der Waals surface area contributed by atoms with E-state index < -0.39 is 10.0 Å². The minimum absolute atomic E-state index is 0.134. The van der Waals surface area contributed by atoms with Gasteiger partial charge in [-0.3, -0.25) is 4.72 Å². The molecule has 0 saturated carbocycles. The third-order valence-corrected chi connectivity index (χ3v) is 5.34. The fraction of sp³-hybridized carbons (Fsp3) is 0.143. The normalized spacial score (nSPS) is 11.2. The lowest BCUT2D eigenvalue weighted by Crippen LogP contribution is -2.14. The van der Waals surface area contributed by atoms with Gasteiger partial charge in [0.05, 0.1) is 22.2 Å². The van der Waals surface area contributed by atoms with Crippen molar-refractivity contribution in [3.8, 4) is 5.75 Å². The first kappa shape index (κ1) is 16.1. The molecule has 4 nitrogen and oxygen atoms in total. The molecule has 0 aliphatic rings. The summed E-state index contributed by atoms with van der Waals surface area (Å²) in [5, 5.41) is 0.506. The molecule has 0 aliphatic heterocycles. The predicted octanol–water partition coefficient (Wildman–Crippen LogP) is 4.22. The number of benzene rings is 2. The summed E-state index contributed by atoms with van der Waals surface area (Å²) in [5.41, 5.74) is 1.13. The Labute approximate surface area is 137 Å². The Hall–Kier alpha value is -1.24. The van der Waals surface area contributed by atoms with Crippen molar-refractivity contribution in [2.75, 3.05) is 11.8 Å². The molecule has 0 spiro atoms. The maximum atomic E-state index is 12.4. The lowest BCUT2D eigenvalue weighted by Gasteiger charge is -2.12. The number of rotatable bonds is 4. The number of anilines is 1. The Morgan fingerprint density at radius 2 is 1.95 bits per heavy atom. The van der Waals surface area contributed by atoms with Crippen LogP contribution in [0, 0.1) is 6.92 Å². The molecule has 7 heteroatoms. The number of hydrogen-bond acceptors (Lipinski definition) is 3. The van der Waals surface area contributed by atoms with Gasteiger partial charge in [0.2, 0.25) is 0 Å². The molecule has 0 unspecified atom stereocenters. The smallest absolute Gasteiger partial charge is 0.261 e. The highest BCUT2D eigenvalue weighted by Crippen LogP contribution is 2.29. The van der Waals surface area contributed by atoms with Gasteiger partial charge in [0.15, 0.2) is 0 Å².